The lowest BCUT2D eigenvalue weighted by Crippen LogP contribution is -1.98. The number of aromatic nitrogens is 1. The van der Waals surface area contributed by atoms with Crippen molar-refractivity contribution in [3.63, 3.8) is 0 Å². The Morgan fingerprint density at radius 2 is 2.18 bits per heavy atom. The maximum Gasteiger partial charge on any atom is 0.356 e. The number of nitrogens with zero attached hydrogens (tertiary/aromatic N) is 1. The van der Waals surface area contributed by atoms with Crippen LogP contribution in [-0.4, -0.2) is 16.1 Å². The number of hydrogen-bond donors (Lipinski definition) is 1. The van der Waals surface area contributed by atoms with Crippen molar-refractivity contribution < 1.29 is 14.3 Å². The fraction of sp³-hybridized carbons (Fsp3) is 0.0909. The number of halogens is 2. The van der Waals surface area contributed by atoms with Crippen molar-refractivity contribution in [2.75, 3.05) is 0 Å². The van der Waals surface area contributed by atoms with E-state index < -0.39 is 11.8 Å². The van der Waals surface area contributed by atoms with Crippen LogP contribution in [-0.2, 0) is 0 Å². The van der Waals surface area contributed by atoms with E-state index in [1.165, 1.54) is 29.5 Å². The Morgan fingerprint density at radius 1 is 1.47 bits per heavy atom. The molecule has 0 radical (unpaired) electrons. The lowest BCUT2D eigenvalue weighted by molar-refractivity contribution is 0.0692. The third kappa shape index (κ3) is 2.45. The SMILES string of the molecule is Cc1nc(C(=O)O)c(-c2cc(F)cc(Cl)c2)s1. The molecule has 0 atom stereocenters. The first-order valence-electron chi connectivity index (χ1n) is 4.64. The molecule has 0 unspecified atom stereocenters. The van der Waals surface area contributed by atoms with Crippen LogP contribution in [0.4, 0.5) is 4.39 Å². The van der Waals surface area contributed by atoms with E-state index in [1.54, 1.807) is 6.92 Å². The van der Waals surface area contributed by atoms with Gasteiger partial charge in [0, 0.05) is 5.02 Å². The van der Waals surface area contributed by atoms with Crippen molar-refractivity contribution in [2.45, 2.75) is 6.92 Å². The first kappa shape index (κ1) is 12.0. The predicted molar refractivity (Wildman–Crippen MR) is 64.2 cm³/mol. The number of carboxylic acids is 1. The molecule has 2 aromatic rings. The second kappa shape index (κ2) is 4.43. The van der Waals surface area contributed by atoms with Gasteiger partial charge in [0.15, 0.2) is 5.69 Å². The van der Waals surface area contributed by atoms with Gasteiger partial charge < -0.3 is 5.11 Å². The van der Waals surface area contributed by atoms with Gasteiger partial charge in [0.25, 0.3) is 0 Å². The number of carbonyl (C=O) groups is 1. The summed E-state index contributed by atoms with van der Waals surface area (Å²) < 4.78 is 13.2. The maximum atomic E-state index is 13.2. The molecule has 0 fully saturated rings. The summed E-state index contributed by atoms with van der Waals surface area (Å²) in [5, 5.41) is 9.83. The highest BCUT2D eigenvalue weighted by molar-refractivity contribution is 7.15. The van der Waals surface area contributed by atoms with E-state index in [4.69, 9.17) is 16.7 Å². The summed E-state index contributed by atoms with van der Waals surface area (Å²) >= 11 is 6.93. The summed E-state index contributed by atoms with van der Waals surface area (Å²) in [4.78, 5) is 15.3. The lowest BCUT2D eigenvalue weighted by atomic mass is 10.1. The molecule has 0 saturated heterocycles. The predicted octanol–water partition coefficient (Wildman–Crippen LogP) is 3.61. The molecule has 17 heavy (non-hydrogen) atoms. The van der Waals surface area contributed by atoms with Crippen molar-refractivity contribution in [3.8, 4) is 10.4 Å². The molecule has 2 rings (SSSR count). The van der Waals surface area contributed by atoms with Gasteiger partial charge in [-0.1, -0.05) is 11.6 Å². The van der Waals surface area contributed by atoms with Crippen LogP contribution in [0.25, 0.3) is 10.4 Å². The smallest absolute Gasteiger partial charge is 0.356 e. The summed E-state index contributed by atoms with van der Waals surface area (Å²) in [7, 11) is 0. The fourth-order valence-electron chi connectivity index (χ4n) is 1.45. The van der Waals surface area contributed by atoms with Crippen molar-refractivity contribution in [3.05, 3.63) is 39.7 Å². The second-order valence-corrected chi connectivity index (χ2v) is 5.01. The van der Waals surface area contributed by atoms with Crippen LogP contribution < -0.4 is 0 Å². The topological polar surface area (TPSA) is 50.2 Å². The molecule has 88 valence electrons. The molecular weight excluding hydrogens is 265 g/mol. The largest absolute Gasteiger partial charge is 0.476 e. The molecule has 0 bridgehead atoms. The second-order valence-electron chi connectivity index (χ2n) is 3.37. The number of benzene rings is 1. The van der Waals surface area contributed by atoms with Crippen molar-refractivity contribution >= 4 is 28.9 Å². The van der Waals surface area contributed by atoms with E-state index in [0.717, 1.165) is 0 Å². The Hall–Kier alpha value is -1.46. The molecule has 0 aliphatic heterocycles. The van der Waals surface area contributed by atoms with Crippen molar-refractivity contribution in [2.24, 2.45) is 0 Å². The van der Waals surface area contributed by atoms with Gasteiger partial charge in [-0.25, -0.2) is 14.2 Å². The highest BCUT2D eigenvalue weighted by atomic mass is 35.5. The Bertz CT molecular complexity index is 577. The minimum atomic E-state index is -1.13. The molecule has 0 spiro atoms. The van der Waals surface area contributed by atoms with E-state index in [-0.39, 0.29) is 10.7 Å². The van der Waals surface area contributed by atoms with Gasteiger partial charge in [0.1, 0.15) is 5.82 Å². The third-order valence-corrected chi connectivity index (χ3v) is 3.30. The van der Waals surface area contributed by atoms with Crippen LogP contribution in [0, 0.1) is 12.7 Å². The van der Waals surface area contributed by atoms with Crippen LogP contribution in [0.1, 0.15) is 15.5 Å². The molecule has 0 amide bonds. The normalized spacial score (nSPS) is 10.5. The van der Waals surface area contributed by atoms with Crippen molar-refractivity contribution in [1.82, 2.24) is 4.98 Å². The number of aryl methyl sites for hydroxylation is 1. The fourth-order valence-corrected chi connectivity index (χ4v) is 2.57. The van der Waals surface area contributed by atoms with Crippen LogP contribution in [0.2, 0.25) is 5.02 Å². The quantitative estimate of drug-likeness (QED) is 0.908. The van der Waals surface area contributed by atoms with E-state index in [0.29, 0.717) is 15.4 Å². The molecule has 3 nitrogen and oxygen atoms in total. The average Bonchev–Trinajstić information content (AvgIpc) is 2.59. The van der Waals surface area contributed by atoms with Gasteiger partial charge in [0.2, 0.25) is 0 Å². The highest BCUT2D eigenvalue weighted by Crippen LogP contribution is 2.32. The van der Waals surface area contributed by atoms with Gasteiger partial charge >= 0.3 is 5.97 Å². The Morgan fingerprint density at radius 3 is 2.76 bits per heavy atom. The Kier molecular flexibility index (Phi) is 3.13. The molecule has 1 aromatic heterocycles. The lowest BCUT2D eigenvalue weighted by Gasteiger charge is -2.00. The monoisotopic (exact) mass is 271 g/mol. The zero-order valence-corrected chi connectivity index (χ0v) is 10.3. The highest BCUT2D eigenvalue weighted by Gasteiger charge is 2.18. The summed E-state index contributed by atoms with van der Waals surface area (Å²) in [5.41, 5.74) is 0.354. The molecule has 1 heterocycles. The van der Waals surface area contributed by atoms with Crippen LogP contribution >= 0.6 is 22.9 Å². The number of carboxylic acid groups (broad SMARTS) is 1. The number of thiazole rings is 1. The van der Waals surface area contributed by atoms with Crippen LogP contribution in [0.15, 0.2) is 18.2 Å². The number of rotatable bonds is 2. The third-order valence-electron chi connectivity index (χ3n) is 2.06. The Labute approximate surface area is 106 Å². The summed E-state index contributed by atoms with van der Waals surface area (Å²) in [6, 6.07) is 3.93. The van der Waals surface area contributed by atoms with Gasteiger partial charge in [-0.15, -0.1) is 11.3 Å². The van der Waals surface area contributed by atoms with Gasteiger partial charge in [-0.05, 0) is 30.7 Å². The molecule has 0 aliphatic rings. The maximum absolute atomic E-state index is 13.2. The van der Waals surface area contributed by atoms with Gasteiger partial charge in [-0.2, -0.15) is 0 Å². The molecule has 1 aromatic carbocycles. The first-order valence-corrected chi connectivity index (χ1v) is 5.84. The number of hydrogen-bond acceptors (Lipinski definition) is 3. The zero-order chi connectivity index (χ0) is 12.6. The van der Waals surface area contributed by atoms with Crippen molar-refractivity contribution in [1.29, 1.82) is 0 Å². The molecular formula is C11H7ClFNO2S. The zero-order valence-electron chi connectivity index (χ0n) is 8.70. The van der Waals surface area contributed by atoms with E-state index in [1.807, 2.05) is 0 Å². The van der Waals surface area contributed by atoms with Gasteiger partial charge in [-0.3, -0.25) is 0 Å². The molecule has 0 aliphatic carbocycles. The summed E-state index contributed by atoms with van der Waals surface area (Å²) in [5.74, 6) is -1.64. The van der Waals surface area contributed by atoms with E-state index in [2.05, 4.69) is 4.98 Å². The standard InChI is InChI=1S/C11H7ClFNO2S/c1-5-14-9(11(15)16)10(17-5)6-2-7(12)4-8(13)3-6/h2-4H,1H3,(H,15,16). The van der Waals surface area contributed by atoms with Gasteiger partial charge in [0.05, 0.1) is 9.88 Å². The Balaban J connectivity index is 2.63. The average molecular weight is 272 g/mol. The van der Waals surface area contributed by atoms with Crippen LogP contribution in [0.3, 0.4) is 0 Å². The summed E-state index contributed by atoms with van der Waals surface area (Å²) in [6.45, 7) is 1.70. The molecule has 0 saturated carbocycles. The van der Waals surface area contributed by atoms with E-state index in [9.17, 15) is 9.18 Å². The van der Waals surface area contributed by atoms with E-state index >= 15 is 0 Å². The minimum absolute atomic E-state index is 0.0748. The first-order chi connectivity index (χ1) is 7.97. The minimum Gasteiger partial charge on any atom is -0.476 e. The van der Waals surface area contributed by atoms with Crippen LogP contribution in [0.5, 0.6) is 0 Å². The molecule has 1 N–H and O–H groups in total. The summed E-state index contributed by atoms with van der Waals surface area (Å²) in [6.07, 6.45) is 0. The molecule has 6 heteroatoms. The number of aromatic carboxylic acids is 1.